The van der Waals surface area contributed by atoms with Gasteiger partial charge in [-0.3, -0.25) is 4.79 Å². The number of carbonyl (C=O) groups is 1. The fraction of sp³-hybridized carbons (Fsp3) is 0.158. The molecule has 1 unspecified atom stereocenters. The largest absolute Gasteiger partial charge is 0.872 e. The summed E-state index contributed by atoms with van der Waals surface area (Å²) in [5, 5.41) is 13.2. The number of benzene rings is 2. The Morgan fingerprint density at radius 1 is 1.17 bits per heavy atom. The molecule has 0 saturated carbocycles. The van der Waals surface area contributed by atoms with Crippen LogP contribution in [0.2, 0.25) is 0 Å². The molecule has 3 aromatic rings. The molecule has 0 bridgehead atoms. The van der Waals surface area contributed by atoms with Crippen LogP contribution in [0.25, 0.3) is 11.0 Å². The summed E-state index contributed by atoms with van der Waals surface area (Å²) < 4.78 is 6.18. The molecule has 0 aliphatic rings. The van der Waals surface area contributed by atoms with E-state index in [-0.39, 0.29) is 29.1 Å². The third kappa shape index (κ3) is 3.12. The molecule has 1 aromatic heterocycles. The van der Waals surface area contributed by atoms with Gasteiger partial charge in [-0.25, -0.2) is 4.79 Å². The number of carbonyl (C=O) groups excluding carboxylic acids is 1. The monoisotopic (exact) mass is 385 g/mol. The van der Waals surface area contributed by atoms with E-state index in [2.05, 4.69) is 15.9 Å². The minimum absolute atomic E-state index is 0.00576. The molecule has 2 aromatic carbocycles. The minimum atomic E-state index is -0.687. The second kappa shape index (κ2) is 6.61. The van der Waals surface area contributed by atoms with E-state index in [1.807, 2.05) is 12.1 Å². The average Bonchev–Trinajstić information content (AvgIpc) is 2.54. The van der Waals surface area contributed by atoms with Crippen LogP contribution in [0.3, 0.4) is 0 Å². The molecule has 0 fully saturated rings. The van der Waals surface area contributed by atoms with E-state index in [4.69, 9.17) is 4.42 Å². The van der Waals surface area contributed by atoms with Gasteiger partial charge in [-0.1, -0.05) is 52.0 Å². The first-order chi connectivity index (χ1) is 11.5. The predicted molar refractivity (Wildman–Crippen MR) is 93.2 cm³/mol. The van der Waals surface area contributed by atoms with E-state index in [1.165, 1.54) is 6.92 Å². The number of hydrogen-bond donors (Lipinski definition) is 0. The highest BCUT2D eigenvalue weighted by Crippen LogP contribution is 2.34. The highest BCUT2D eigenvalue weighted by Gasteiger charge is 2.22. The van der Waals surface area contributed by atoms with Gasteiger partial charge in [0, 0.05) is 27.8 Å². The number of hydrogen-bond acceptors (Lipinski definition) is 4. The molecule has 24 heavy (non-hydrogen) atoms. The number of halogens is 1. The van der Waals surface area contributed by atoms with Crippen molar-refractivity contribution in [1.29, 1.82) is 0 Å². The number of rotatable bonds is 4. The lowest BCUT2D eigenvalue weighted by Crippen LogP contribution is -2.19. The van der Waals surface area contributed by atoms with Crippen LogP contribution < -0.4 is 10.7 Å². The minimum Gasteiger partial charge on any atom is -0.872 e. The Hall–Kier alpha value is -2.40. The Morgan fingerprint density at radius 2 is 1.83 bits per heavy atom. The lowest BCUT2D eigenvalue weighted by molar-refractivity contribution is -0.267. The van der Waals surface area contributed by atoms with Crippen molar-refractivity contribution in [3.63, 3.8) is 0 Å². The molecule has 0 radical (unpaired) electrons. The second-order valence-electron chi connectivity index (χ2n) is 5.64. The summed E-state index contributed by atoms with van der Waals surface area (Å²) in [7, 11) is 0. The van der Waals surface area contributed by atoms with Crippen LogP contribution >= 0.6 is 15.9 Å². The normalized spacial score (nSPS) is 12.2. The highest BCUT2D eigenvalue weighted by molar-refractivity contribution is 9.10. The first-order valence-electron chi connectivity index (χ1n) is 7.45. The number of Topliss-reactive ketones (excluding diaryl/α,β-unsaturated/α-hetero) is 1. The lowest BCUT2D eigenvalue weighted by Gasteiger charge is -2.22. The molecule has 0 saturated heterocycles. The molecule has 0 aliphatic heterocycles. The van der Waals surface area contributed by atoms with Crippen LogP contribution in [-0.4, -0.2) is 5.78 Å². The molecule has 1 heterocycles. The zero-order valence-electron chi connectivity index (χ0n) is 12.9. The van der Waals surface area contributed by atoms with Gasteiger partial charge in [-0.2, -0.15) is 0 Å². The van der Waals surface area contributed by atoms with E-state index < -0.39 is 11.5 Å². The fourth-order valence-corrected chi connectivity index (χ4v) is 3.07. The summed E-state index contributed by atoms with van der Waals surface area (Å²) in [5.41, 5.74) is 0.306. The van der Waals surface area contributed by atoms with Crippen molar-refractivity contribution in [2.24, 2.45) is 0 Å². The Bertz CT molecular complexity index is 957. The first-order valence-corrected chi connectivity index (χ1v) is 8.24. The molecule has 0 N–H and O–H groups in total. The predicted octanol–water partition coefficient (Wildman–Crippen LogP) is 3.74. The zero-order chi connectivity index (χ0) is 17.3. The zero-order valence-corrected chi connectivity index (χ0v) is 14.5. The molecule has 3 rings (SSSR count). The second-order valence-corrected chi connectivity index (χ2v) is 6.55. The van der Waals surface area contributed by atoms with Crippen LogP contribution in [0.15, 0.2) is 62.2 Å². The third-order valence-corrected chi connectivity index (χ3v) is 4.44. The molecule has 5 heteroatoms. The van der Waals surface area contributed by atoms with Gasteiger partial charge in [0.15, 0.2) is 0 Å². The van der Waals surface area contributed by atoms with Crippen LogP contribution in [0.1, 0.15) is 30.4 Å². The van der Waals surface area contributed by atoms with Crippen molar-refractivity contribution >= 4 is 32.7 Å². The van der Waals surface area contributed by atoms with Gasteiger partial charge in [-0.05, 0) is 30.7 Å². The summed E-state index contributed by atoms with van der Waals surface area (Å²) in [5.74, 6) is -1.10. The summed E-state index contributed by atoms with van der Waals surface area (Å²) >= 11 is 3.35. The summed E-state index contributed by atoms with van der Waals surface area (Å²) in [4.78, 5) is 24.1. The number of fused-ring (bicyclic) bond motifs is 1. The van der Waals surface area contributed by atoms with Crippen LogP contribution in [0.5, 0.6) is 5.75 Å². The van der Waals surface area contributed by atoms with E-state index >= 15 is 0 Å². The number of para-hydroxylation sites is 1. The molecule has 0 spiro atoms. The SMILES string of the molecule is CC(=O)CC(c1ccc(Br)cc1)c1c([O-])c2ccccc2oc1=O. The van der Waals surface area contributed by atoms with Gasteiger partial charge in [-0.15, -0.1) is 0 Å². The molecular weight excluding hydrogens is 372 g/mol. The summed E-state index contributed by atoms with van der Waals surface area (Å²) in [6.07, 6.45) is 0.0694. The number of ketones is 1. The van der Waals surface area contributed by atoms with Gasteiger partial charge < -0.3 is 9.52 Å². The van der Waals surface area contributed by atoms with Crippen LogP contribution in [0.4, 0.5) is 0 Å². The van der Waals surface area contributed by atoms with Crippen LogP contribution in [-0.2, 0) is 4.79 Å². The van der Waals surface area contributed by atoms with Crippen molar-refractivity contribution in [2.75, 3.05) is 0 Å². The van der Waals surface area contributed by atoms with Gasteiger partial charge in [0.05, 0.1) is 0 Å². The van der Waals surface area contributed by atoms with Crippen molar-refractivity contribution in [1.82, 2.24) is 0 Å². The highest BCUT2D eigenvalue weighted by atomic mass is 79.9. The van der Waals surface area contributed by atoms with Gasteiger partial charge in [0.25, 0.3) is 0 Å². The smallest absolute Gasteiger partial charge is 0.339 e. The molecular formula is C19H14BrO4-. The standard InChI is InChI=1S/C19H15BrO4/c1-11(21)10-15(12-6-8-13(20)9-7-12)17-18(22)14-4-2-3-5-16(14)24-19(17)23/h2-9,15,22H,10H2,1H3/p-1. The molecule has 1 atom stereocenters. The maximum absolute atomic E-state index is 12.8. The Balaban J connectivity index is 2.24. The van der Waals surface area contributed by atoms with Gasteiger partial charge in [0.2, 0.25) is 0 Å². The average molecular weight is 386 g/mol. The molecule has 0 aliphatic carbocycles. The maximum Gasteiger partial charge on any atom is 0.339 e. The van der Waals surface area contributed by atoms with Gasteiger partial charge >= 0.3 is 5.63 Å². The molecule has 0 amide bonds. The first kappa shape index (κ1) is 16.5. The summed E-state index contributed by atoms with van der Waals surface area (Å²) in [6, 6.07) is 13.8. The van der Waals surface area contributed by atoms with Crippen LogP contribution in [0, 0.1) is 0 Å². The topological polar surface area (TPSA) is 70.3 Å². The van der Waals surface area contributed by atoms with E-state index in [9.17, 15) is 14.7 Å². The van der Waals surface area contributed by atoms with Crippen molar-refractivity contribution in [2.45, 2.75) is 19.3 Å². The van der Waals surface area contributed by atoms with E-state index in [0.717, 1.165) is 10.0 Å². The fourth-order valence-electron chi connectivity index (χ4n) is 2.81. The Labute approximate surface area is 146 Å². The van der Waals surface area contributed by atoms with Crippen molar-refractivity contribution in [3.8, 4) is 5.75 Å². The lowest BCUT2D eigenvalue weighted by atomic mass is 9.87. The molecule has 4 nitrogen and oxygen atoms in total. The van der Waals surface area contributed by atoms with Crippen molar-refractivity contribution in [3.05, 3.63) is 74.6 Å². The quantitative estimate of drug-likeness (QED) is 0.641. The Kier molecular flexibility index (Phi) is 4.53. The maximum atomic E-state index is 12.8. The third-order valence-electron chi connectivity index (χ3n) is 3.91. The Morgan fingerprint density at radius 3 is 2.50 bits per heavy atom. The van der Waals surface area contributed by atoms with E-state index in [1.54, 1.807) is 36.4 Å². The van der Waals surface area contributed by atoms with Gasteiger partial charge in [0.1, 0.15) is 11.4 Å². The van der Waals surface area contributed by atoms with E-state index in [0.29, 0.717) is 5.39 Å². The molecule has 122 valence electrons. The summed E-state index contributed by atoms with van der Waals surface area (Å²) in [6.45, 7) is 1.44. The van der Waals surface area contributed by atoms with Crippen molar-refractivity contribution < 1.29 is 14.3 Å².